The Morgan fingerprint density at radius 3 is 2.45 bits per heavy atom. The number of nitrogens with zero attached hydrogens (tertiary/aromatic N) is 1. The molecule has 0 aliphatic carbocycles. The molecule has 0 fully saturated rings. The maximum atomic E-state index is 12.7. The summed E-state index contributed by atoms with van der Waals surface area (Å²) in [6.45, 7) is 8.54. The van der Waals surface area contributed by atoms with Crippen molar-refractivity contribution in [2.24, 2.45) is 5.92 Å². The zero-order chi connectivity index (χ0) is 15.3. The van der Waals surface area contributed by atoms with Crippen LogP contribution in [-0.2, 0) is 16.6 Å². The normalized spacial score (nSPS) is 13.7. The molecule has 5 heteroatoms. The highest BCUT2D eigenvalue weighted by Gasteiger charge is 2.26. The minimum Gasteiger partial charge on any atom is -0.392 e. The van der Waals surface area contributed by atoms with Crippen LogP contribution in [0.15, 0.2) is 23.1 Å². The van der Waals surface area contributed by atoms with Gasteiger partial charge in [-0.05, 0) is 30.0 Å². The molecule has 0 spiro atoms. The SMILES string of the molecule is CCC(C)CN(CC)S(=O)(=O)c1cccc(CO)c1C. The molecule has 0 aliphatic heterocycles. The lowest BCUT2D eigenvalue weighted by Gasteiger charge is -2.24. The van der Waals surface area contributed by atoms with E-state index < -0.39 is 10.0 Å². The molecule has 1 N–H and O–H groups in total. The fourth-order valence-electron chi connectivity index (χ4n) is 2.12. The Morgan fingerprint density at radius 1 is 1.30 bits per heavy atom. The average Bonchev–Trinajstić information content (AvgIpc) is 2.44. The highest BCUT2D eigenvalue weighted by atomic mass is 32.2. The van der Waals surface area contributed by atoms with E-state index in [1.54, 1.807) is 25.1 Å². The predicted molar refractivity (Wildman–Crippen MR) is 81.0 cm³/mol. The second-order valence-corrected chi connectivity index (χ2v) is 7.07. The lowest BCUT2D eigenvalue weighted by Crippen LogP contribution is -2.35. The predicted octanol–water partition coefficient (Wildman–Crippen LogP) is 2.54. The van der Waals surface area contributed by atoms with Crippen molar-refractivity contribution in [1.82, 2.24) is 4.31 Å². The summed E-state index contributed by atoms with van der Waals surface area (Å²) in [5.41, 5.74) is 1.29. The first-order valence-electron chi connectivity index (χ1n) is 7.07. The largest absolute Gasteiger partial charge is 0.392 e. The fraction of sp³-hybridized carbons (Fsp3) is 0.600. The Bertz CT molecular complexity index is 540. The quantitative estimate of drug-likeness (QED) is 0.842. The standard InChI is InChI=1S/C15H25NO3S/c1-5-12(3)10-16(6-2)20(18,19)15-9-7-8-14(11-17)13(15)4/h7-9,12,17H,5-6,10-11H2,1-4H3. The molecule has 20 heavy (non-hydrogen) atoms. The van der Waals surface area contributed by atoms with Gasteiger partial charge in [0.05, 0.1) is 11.5 Å². The third kappa shape index (κ3) is 3.59. The van der Waals surface area contributed by atoms with Crippen LogP contribution in [0, 0.1) is 12.8 Å². The summed E-state index contributed by atoms with van der Waals surface area (Å²) in [7, 11) is -3.50. The van der Waals surface area contributed by atoms with Crippen LogP contribution in [0.3, 0.4) is 0 Å². The van der Waals surface area contributed by atoms with E-state index in [4.69, 9.17) is 0 Å². The fourth-order valence-corrected chi connectivity index (χ4v) is 3.96. The van der Waals surface area contributed by atoms with E-state index in [9.17, 15) is 13.5 Å². The van der Waals surface area contributed by atoms with Crippen LogP contribution in [-0.4, -0.2) is 30.9 Å². The van der Waals surface area contributed by atoms with Crippen molar-refractivity contribution in [1.29, 1.82) is 0 Å². The Labute approximate surface area is 122 Å². The van der Waals surface area contributed by atoms with Gasteiger partial charge >= 0.3 is 0 Å². The summed E-state index contributed by atoms with van der Waals surface area (Å²) in [6.07, 6.45) is 0.946. The number of hydrogen-bond donors (Lipinski definition) is 1. The van der Waals surface area contributed by atoms with Crippen molar-refractivity contribution in [2.75, 3.05) is 13.1 Å². The lowest BCUT2D eigenvalue weighted by atomic mass is 10.1. The van der Waals surface area contributed by atoms with Crippen LogP contribution < -0.4 is 0 Å². The molecule has 0 saturated heterocycles. The zero-order valence-electron chi connectivity index (χ0n) is 12.8. The summed E-state index contributed by atoms with van der Waals surface area (Å²) in [5, 5.41) is 9.28. The number of aliphatic hydroxyl groups excluding tert-OH is 1. The summed E-state index contributed by atoms with van der Waals surface area (Å²) in [6, 6.07) is 5.05. The van der Waals surface area contributed by atoms with Crippen molar-refractivity contribution in [3.05, 3.63) is 29.3 Å². The van der Waals surface area contributed by atoms with Crippen molar-refractivity contribution in [3.8, 4) is 0 Å². The maximum absolute atomic E-state index is 12.7. The number of sulfonamides is 1. The third-order valence-corrected chi connectivity index (χ3v) is 5.83. The maximum Gasteiger partial charge on any atom is 0.243 e. The minimum absolute atomic E-state index is 0.146. The lowest BCUT2D eigenvalue weighted by molar-refractivity contribution is 0.280. The van der Waals surface area contributed by atoms with Crippen LogP contribution in [0.1, 0.15) is 38.3 Å². The molecule has 0 aliphatic rings. The molecule has 0 amide bonds. The number of aliphatic hydroxyl groups is 1. The molecule has 1 atom stereocenters. The molecule has 1 rings (SSSR count). The second kappa shape index (κ2) is 7.20. The van der Waals surface area contributed by atoms with Gasteiger partial charge in [0.1, 0.15) is 0 Å². The molecule has 0 aromatic heterocycles. The van der Waals surface area contributed by atoms with E-state index in [0.717, 1.165) is 6.42 Å². The molecule has 114 valence electrons. The van der Waals surface area contributed by atoms with E-state index in [1.807, 2.05) is 6.92 Å². The Kier molecular flexibility index (Phi) is 6.17. The first kappa shape index (κ1) is 17.1. The molecule has 1 unspecified atom stereocenters. The molecule has 0 bridgehead atoms. The average molecular weight is 299 g/mol. The van der Waals surface area contributed by atoms with Gasteiger partial charge in [-0.25, -0.2) is 8.42 Å². The van der Waals surface area contributed by atoms with Crippen LogP contribution in [0.5, 0.6) is 0 Å². The number of benzene rings is 1. The Hall–Kier alpha value is -0.910. The van der Waals surface area contributed by atoms with Crippen LogP contribution in [0.4, 0.5) is 0 Å². The van der Waals surface area contributed by atoms with Crippen molar-refractivity contribution in [2.45, 2.75) is 45.6 Å². The van der Waals surface area contributed by atoms with E-state index in [0.29, 0.717) is 35.0 Å². The highest BCUT2D eigenvalue weighted by molar-refractivity contribution is 7.89. The van der Waals surface area contributed by atoms with Gasteiger partial charge in [0.15, 0.2) is 0 Å². The van der Waals surface area contributed by atoms with Crippen LogP contribution in [0.2, 0.25) is 0 Å². The van der Waals surface area contributed by atoms with Gasteiger partial charge in [0, 0.05) is 13.1 Å². The third-order valence-electron chi connectivity index (χ3n) is 3.75. The van der Waals surface area contributed by atoms with Crippen molar-refractivity contribution < 1.29 is 13.5 Å². The summed E-state index contributed by atoms with van der Waals surface area (Å²) in [4.78, 5) is 0.300. The number of hydrogen-bond acceptors (Lipinski definition) is 3. The van der Waals surface area contributed by atoms with Crippen molar-refractivity contribution >= 4 is 10.0 Å². The van der Waals surface area contributed by atoms with E-state index in [-0.39, 0.29) is 6.61 Å². The first-order chi connectivity index (χ1) is 9.38. The highest BCUT2D eigenvalue weighted by Crippen LogP contribution is 2.23. The van der Waals surface area contributed by atoms with Gasteiger partial charge in [-0.1, -0.05) is 39.3 Å². The Morgan fingerprint density at radius 2 is 1.95 bits per heavy atom. The molecular formula is C15H25NO3S. The molecule has 0 radical (unpaired) electrons. The topological polar surface area (TPSA) is 57.6 Å². The van der Waals surface area contributed by atoms with Gasteiger partial charge in [-0.3, -0.25) is 0 Å². The number of rotatable bonds is 7. The molecule has 1 aromatic carbocycles. The summed E-state index contributed by atoms with van der Waals surface area (Å²) >= 11 is 0. The van der Waals surface area contributed by atoms with Crippen LogP contribution >= 0.6 is 0 Å². The second-order valence-electron chi connectivity index (χ2n) is 5.17. The Balaban J connectivity index is 3.21. The molecule has 4 nitrogen and oxygen atoms in total. The van der Waals surface area contributed by atoms with E-state index in [2.05, 4.69) is 13.8 Å². The summed E-state index contributed by atoms with van der Waals surface area (Å²) < 4.78 is 27.0. The van der Waals surface area contributed by atoms with E-state index in [1.165, 1.54) is 4.31 Å². The molecule has 0 heterocycles. The van der Waals surface area contributed by atoms with Gasteiger partial charge in [-0.15, -0.1) is 0 Å². The molecule has 1 aromatic rings. The van der Waals surface area contributed by atoms with E-state index >= 15 is 0 Å². The van der Waals surface area contributed by atoms with Crippen molar-refractivity contribution in [3.63, 3.8) is 0 Å². The van der Waals surface area contributed by atoms with Crippen LogP contribution in [0.25, 0.3) is 0 Å². The van der Waals surface area contributed by atoms with Gasteiger partial charge in [-0.2, -0.15) is 4.31 Å². The zero-order valence-corrected chi connectivity index (χ0v) is 13.6. The van der Waals surface area contributed by atoms with Gasteiger partial charge in [0.25, 0.3) is 0 Å². The molecular weight excluding hydrogens is 274 g/mol. The van der Waals surface area contributed by atoms with Gasteiger partial charge < -0.3 is 5.11 Å². The minimum atomic E-state index is -3.50. The molecule has 0 saturated carbocycles. The smallest absolute Gasteiger partial charge is 0.243 e. The first-order valence-corrected chi connectivity index (χ1v) is 8.51. The summed E-state index contributed by atoms with van der Waals surface area (Å²) in [5.74, 6) is 0.325. The van der Waals surface area contributed by atoms with Gasteiger partial charge in [0.2, 0.25) is 10.0 Å². The monoisotopic (exact) mass is 299 g/mol.